The number of aromatic nitrogens is 1. The van der Waals surface area contributed by atoms with Crippen LogP contribution in [0.3, 0.4) is 0 Å². The lowest BCUT2D eigenvalue weighted by atomic mass is 10.3. The van der Waals surface area contributed by atoms with Crippen molar-refractivity contribution in [3.05, 3.63) is 30.1 Å². The number of nitrogens with zero attached hydrogens (tertiary/aromatic N) is 1. The van der Waals surface area contributed by atoms with Gasteiger partial charge in [-0.15, -0.1) is 0 Å². The predicted octanol–water partition coefficient (Wildman–Crippen LogP) is 1.12. The molecule has 0 radical (unpaired) electrons. The second kappa shape index (κ2) is 7.88. The van der Waals surface area contributed by atoms with Crippen molar-refractivity contribution in [2.75, 3.05) is 13.6 Å². The third-order valence-electron chi connectivity index (χ3n) is 1.17. The van der Waals surface area contributed by atoms with Gasteiger partial charge in [0.2, 0.25) is 0 Å². The van der Waals surface area contributed by atoms with Gasteiger partial charge in [-0.2, -0.15) is 0 Å². The van der Waals surface area contributed by atoms with Crippen LogP contribution < -0.4 is 5.32 Å². The molecule has 0 unspecified atom stereocenters. The van der Waals surface area contributed by atoms with Crippen molar-refractivity contribution in [1.82, 2.24) is 10.3 Å². The van der Waals surface area contributed by atoms with Crippen molar-refractivity contribution in [2.45, 2.75) is 6.92 Å². The second-order valence-corrected chi connectivity index (χ2v) is 2.11. The van der Waals surface area contributed by atoms with Gasteiger partial charge in [0.25, 0.3) is 0 Å². The van der Waals surface area contributed by atoms with Crippen molar-refractivity contribution in [3.63, 3.8) is 0 Å². The van der Waals surface area contributed by atoms with Gasteiger partial charge in [0.15, 0.2) is 6.29 Å². The molecule has 12 heavy (non-hydrogen) atoms. The van der Waals surface area contributed by atoms with Gasteiger partial charge in [0.1, 0.15) is 0 Å². The van der Waals surface area contributed by atoms with Crippen LogP contribution in [0.25, 0.3) is 0 Å². The van der Waals surface area contributed by atoms with Gasteiger partial charge < -0.3 is 5.32 Å². The van der Waals surface area contributed by atoms with E-state index in [2.05, 4.69) is 17.2 Å². The molecule has 0 amide bonds. The maximum absolute atomic E-state index is 9.97. The van der Waals surface area contributed by atoms with Crippen LogP contribution in [0.15, 0.2) is 24.5 Å². The molecule has 66 valence electrons. The highest BCUT2D eigenvalue weighted by molar-refractivity contribution is 5.73. The molecular weight excluding hydrogens is 152 g/mol. The Labute approximate surface area is 72.8 Å². The summed E-state index contributed by atoms with van der Waals surface area (Å²) < 4.78 is 0. The molecular formula is C9H14N2O. The molecule has 0 aromatic carbocycles. The predicted molar refractivity (Wildman–Crippen MR) is 49.2 cm³/mol. The summed E-state index contributed by atoms with van der Waals surface area (Å²) >= 11 is 0. The smallest absolute Gasteiger partial charge is 0.151 e. The zero-order chi connectivity index (χ0) is 9.23. The zero-order valence-corrected chi connectivity index (χ0v) is 7.45. The number of hydrogen-bond acceptors (Lipinski definition) is 3. The Morgan fingerprint density at radius 3 is 2.58 bits per heavy atom. The molecule has 3 heteroatoms. The Morgan fingerprint density at radius 2 is 2.33 bits per heavy atom. The minimum absolute atomic E-state index is 0.618. The summed E-state index contributed by atoms with van der Waals surface area (Å²) in [6.07, 6.45) is 3.92. The number of aldehydes is 1. The van der Waals surface area contributed by atoms with Crippen molar-refractivity contribution in [2.24, 2.45) is 0 Å². The highest BCUT2D eigenvalue weighted by atomic mass is 16.1. The molecule has 0 bridgehead atoms. The summed E-state index contributed by atoms with van der Waals surface area (Å²) in [6.45, 7) is 3.14. The monoisotopic (exact) mass is 166 g/mol. The first-order valence-corrected chi connectivity index (χ1v) is 3.85. The Morgan fingerprint density at radius 1 is 1.67 bits per heavy atom. The SMILES string of the molecule is CCNC.O=Cc1cccnc1. The van der Waals surface area contributed by atoms with Gasteiger partial charge in [-0.05, 0) is 25.7 Å². The fraction of sp³-hybridized carbons (Fsp3) is 0.333. The van der Waals surface area contributed by atoms with E-state index < -0.39 is 0 Å². The van der Waals surface area contributed by atoms with Crippen LogP contribution in [0.5, 0.6) is 0 Å². The molecule has 0 aliphatic heterocycles. The average Bonchev–Trinajstić information content (AvgIpc) is 2.19. The Balaban J connectivity index is 0.000000261. The van der Waals surface area contributed by atoms with E-state index in [0.29, 0.717) is 5.56 Å². The lowest BCUT2D eigenvalue weighted by Crippen LogP contribution is -2.01. The number of rotatable bonds is 2. The molecule has 0 saturated carbocycles. The molecule has 0 fully saturated rings. The normalized spacial score (nSPS) is 8.17. The first-order chi connectivity index (χ1) is 5.85. The van der Waals surface area contributed by atoms with Crippen LogP contribution in [-0.2, 0) is 0 Å². The molecule has 1 heterocycles. The Bertz CT molecular complexity index is 197. The van der Waals surface area contributed by atoms with Crippen molar-refractivity contribution >= 4 is 6.29 Å². The van der Waals surface area contributed by atoms with Gasteiger partial charge >= 0.3 is 0 Å². The van der Waals surface area contributed by atoms with E-state index in [1.807, 2.05) is 7.05 Å². The van der Waals surface area contributed by atoms with Crippen LogP contribution in [-0.4, -0.2) is 24.9 Å². The molecule has 1 aromatic heterocycles. The maximum Gasteiger partial charge on any atom is 0.151 e. The fourth-order valence-corrected chi connectivity index (χ4v) is 0.446. The number of hydrogen-bond donors (Lipinski definition) is 1. The minimum atomic E-state index is 0.618. The van der Waals surface area contributed by atoms with Crippen molar-refractivity contribution in [1.29, 1.82) is 0 Å². The summed E-state index contributed by atoms with van der Waals surface area (Å²) in [7, 11) is 1.93. The standard InChI is InChI=1S/C6H5NO.C3H9N/c8-5-6-2-1-3-7-4-6;1-3-4-2/h1-5H;4H,3H2,1-2H3. The van der Waals surface area contributed by atoms with E-state index in [9.17, 15) is 4.79 Å². The molecule has 0 saturated heterocycles. The topological polar surface area (TPSA) is 42.0 Å². The Hall–Kier alpha value is -1.22. The van der Waals surface area contributed by atoms with Crippen LogP contribution in [0, 0.1) is 0 Å². The fourth-order valence-electron chi connectivity index (χ4n) is 0.446. The van der Waals surface area contributed by atoms with Crippen LogP contribution in [0.1, 0.15) is 17.3 Å². The van der Waals surface area contributed by atoms with Crippen molar-refractivity contribution < 1.29 is 4.79 Å². The first-order valence-electron chi connectivity index (χ1n) is 3.85. The third kappa shape index (κ3) is 5.56. The number of nitrogens with one attached hydrogen (secondary N) is 1. The summed E-state index contributed by atoms with van der Waals surface area (Å²) in [6, 6.07) is 3.43. The van der Waals surface area contributed by atoms with E-state index in [-0.39, 0.29) is 0 Å². The second-order valence-electron chi connectivity index (χ2n) is 2.11. The van der Waals surface area contributed by atoms with E-state index in [1.165, 1.54) is 6.20 Å². The Kier molecular flexibility index (Phi) is 7.08. The van der Waals surface area contributed by atoms with E-state index in [0.717, 1.165) is 12.8 Å². The quantitative estimate of drug-likeness (QED) is 0.669. The van der Waals surface area contributed by atoms with E-state index in [4.69, 9.17) is 0 Å². The van der Waals surface area contributed by atoms with Crippen LogP contribution in [0.2, 0.25) is 0 Å². The third-order valence-corrected chi connectivity index (χ3v) is 1.17. The highest BCUT2D eigenvalue weighted by Gasteiger charge is 1.81. The summed E-state index contributed by atoms with van der Waals surface area (Å²) in [4.78, 5) is 13.7. The zero-order valence-electron chi connectivity index (χ0n) is 7.45. The lowest BCUT2D eigenvalue weighted by Gasteiger charge is -1.81. The van der Waals surface area contributed by atoms with Gasteiger partial charge in [0.05, 0.1) is 0 Å². The maximum atomic E-state index is 9.97. The molecule has 0 aliphatic carbocycles. The van der Waals surface area contributed by atoms with Gasteiger partial charge in [-0.3, -0.25) is 9.78 Å². The minimum Gasteiger partial charge on any atom is -0.320 e. The summed E-state index contributed by atoms with van der Waals surface area (Å²) in [5.41, 5.74) is 0.618. The van der Waals surface area contributed by atoms with Crippen molar-refractivity contribution in [3.8, 4) is 0 Å². The summed E-state index contributed by atoms with van der Waals surface area (Å²) in [5.74, 6) is 0. The van der Waals surface area contributed by atoms with Crippen LogP contribution in [0.4, 0.5) is 0 Å². The molecule has 0 aliphatic rings. The number of carbonyl (C=O) groups excluding carboxylic acids is 1. The number of pyridine rings is 1. The van der Waals surface area contributed by atoms with E-state index >= 15 is 0 Å². The molecule has 3 nitrogen and oxygen atoms in total. The van der Waals surface area contributed by atoms with Gasteiger partial charge in [-0.25, -0.2) is 0 Å². The summed E-state index contributed by atoms with van der Waals surface area (Å²) in [5, 5.41) is 2.93. The lowest BCUT2D eigenvalue weighted by molar-refractivity contribution is 0.112. The first kappa shape index (κ1) is 10.8. The molecule has 0 spiro atoms. The average molecular weight is 166 g/mol. The number of carbonyl (C=O) groups is 1. The van der Waals surface area contributed by atoms with E-state index in [1.54, 1.807) is 18.3 Å². The largest absolute Gasteiger partial charge is 0.320 e. The molecule has 1 aromatic rings. The molecule has 1 rings (SSSR count). The molecule has 1 N–H and O–H groups in total. The van der Waals surface area contributed by atoms with Gasteiger partial charge in [0, 0.05) is 18.0 Å². The van der Waals surface area contributed by atoms with Gasteiger partial charge in [-0.1, -0.05) is 6.92 Å². The molecule has 0 atom stereocenters. The highest BCUT2D eigenvalue weighted by Crippen LogP contribution is 1.87. The van der Waals surface area contributed by atoms with Crippen LogP contribution >= 0.6 is 0 Å².